The van der Waals surface area contributed by atoms with Crippen LogP contribution >= 0.6 is 0 Å². The SMILES string of the molecule is O=C(c1ccc(F)cc1C(F)(F)F)C1C=c2c(ccc3c2=CCc2ccccc2-3)C(C2=CC=CC=CN2)C1. The maximum atomic E-state index is 13.8. The lowest BCUT2D eigenvalue weighted by Crippen LogP contribution is -2.40. The number of hydrogen-bond acceptors (Lipinski definition) is 2. The van der Waals surface area contributed by atoms with Crippen LogP contribution in [0.5, 0.6) is 0 Å². The van der Waals surface area contributed by atoms with Gasteiger partial charge in [-0.25, -0.2) is 4.39 Å². The third kappa shape index (κ3) is 4.20. The number of benzene rings is 3. The van der Waals surface area contributed by atoms with Crippen LogP contribution in [0, 0.1) is 11.7 Å². The molecule has 0 amide bonds. The van der Waals surface area contributed by atoms with E-state index in [0.29, 0.717) is 6.07 Å². The number of carbonyl (C=O) groups excluding carboxylic acids is 1. The molecule has 38 heavy (non-hydrogen) atoms. The Kier molecular flexibility index (Phi) is 5.90. The molecule has 0 bridgehead atoms. The third-order valence-electron chi connectivity index (χ3n) is 7.50. The molecule has 2 nitrogen and oxygen atoms in total. The van der Waals surface area contributed by atoms with Gasteiger partial charge in [-0.3, -0.25) is 4.79 Å². The minimum atomic E-state index is -4.85. The summed E-state index contributed by atoms with van der Waals surface area (Å²) in [5.74, 6) is -2.77. The fourth-order valence-electron chi connectivity index (χ4n) is 5.75. The summed E-state index contributed by atoms with van der Waals surface area (Å²) in [6.45, 7) is 0. The van der Waals surface area contributed by atoms with Crippen LogP contribution in [0.1, 0.15) is 39.4 Å². The van der Waals surface area contributed by atoms with Gasteiger partial charge in [-0.1, -0.05) is 60.7 Å². The van der Waals surface area contributed by atoms with Crippen molar-refractivity contribution in [1.82, 2.24) is 5.32 Å². The van der Waals surface area contributed by atoms with Gasteiger partial charge in [-0.05, 0) is 75.9 Å². The first-order chi connectivity index (χ1) is 18.3. The molecule has 1 aliphatic heterocycles. The van der Waals surface area contributed by atoms with E-state index in [-0.39, 0.29) is 12.3 Å². The van der Waals surface area contributed by atoms with E-state index in [1.54, 1.807) is 6.20 Å². The van der Waals surface area contributed by atoms with Crippen LogP contribution in [0.4, 0.5) is 17.6 Å². The number of allylic oxidation sites excluding steroid dienone is 5. The van der Waals surface area contributed by atoms with Crippen molar-refractivity contribution in [2.75, 3.05) is 0 Å². The molecule has 1 heterocycles. The molecule has 0 saturated heterocycles. The number of Topliss-reactive ketones (excluding diaryl/α,β-unsaturated/α-hetero) is 1. The summed E-state index contributed by atoms with van der Waals surface area (Å²) in [5, 5.41) is 5.13. The second-order valence-electron chi connectivity index (χ2n) is 9.72. The summed E-state index contributed by atoms with van der Waals surface area (Å²) in [7, 11) is 0. The van der Waals surface area contributed by atoms with E-state index in [1.807, 2.05) is 42.5 Å². The van der Waals surface area contributed by atoms with E-state index >= 15 is 0 Å². The van der Waals surface area contributed by atoms with Gasteiger partial charge in [0.2, 0.25) is 0 Å². The fraction of sp³-hybridized carbons (Fsp3) is 0.156. The Balaban J connectivity index is 1.55. The highest BCUT2D eigenvalue weighted by Gasteiger charge is 2.38. The fourth-order valence-corrected chi connectivity index (χ4v) is 5.75. The molecular weight excluding hydrogens is 490 g/mol. The van der Waals surface area contributed by atoms with E-state index in [4.69, 9.17) is 0 Å². The molecule has 2 atom stereocenters. The van der Waals surface area contributed by atoms with Gasteiger partial charge < -0.3 is 5.32 Å². The lowest BCUT2D eigenvalue weighted by atomic mass is 9.75. The number of alkyl halides is 3. The molecule has 3 aromatic carbocycles. The number of carbonyl (C=O) groups is 1. The van der Waals surface area contributed by atoms with Crippen LogP contribution in [-0.2, 0) is 12.6 Å². The van der Waals surface area contributed by atoms with Crippen LogP contribution < -0.4 is 15.8 Å². The molecule has 1 N–H and O–H groups in total. The molecular formula is C32H23F4NO. The number of fused-ring (bicyclic) bond motifs is 5. The van der Waals surface area contributed by atoms with Gasteiger partial charge in [0.25, 0.3) is 0 Å². The van der Waals surface area contributed by atoms with Crippen LogP contribution in [0.15, 0.2) is 90.8 Å². The summed E-state index contributed by atoms with van der Waals surface area (Å²) < 4.78 is 55.2. The van der Waals surface area contributed by atoms with Crippen molar-refractivity contribution in [3.8, 4) is 11.1 Å². The first-order valence-electron chi connectivity index (χ1n) is 12.5. The number of rotatable bonds is 3. The Morgan fingerprint density at radius 3 is 2.61 bits per heavy atom. The van der Waals surface area contributed by atoms with E-state index in [0.717, 1.165) is 51.4 Å². The summed E-state index contributed by atoms with van der Waals surface area (Å²) in [6, 6.07) is 14.6. The van der Waals surface area contributed by atoms with Gasteiger partial charge in [0, 0.05) is 29.3 Å². The van der Waals surface area contributed by atoms with Crippen LogP contribution in [-0.4, -0.2) is 5.78 Å². The molecule has 190 valence electrons. The van der Waals surface area contributed by atoms with Crippen molar-refractivity contribution in [3.05, 3.63) is 129 Å². The van der Waals surface area contributed by atoms with Gasteiger partial charge in [0.15, 0.2) is 5.78 Å². The largest absolute Gasteiger partial charge is 0.417 e. The standard InChI is InChI=1S/C32H23F4NO/c33-21-10-12-26(29(18-21)32(34,35)36)31(38)20-16-27-24-11-9-19-6-3-4-7-22(19)23(24)13-14-25(27)28(17-20)30-8-2-1-5-15-37-30/h1-8,10-16,18,20,28,37H,9,17H2. The molecule has 2 aliphatic carbocycles. The Bertz CT molecular complexity index is 1680. The highest BCUT2D eigenvalue weighted by Crippen LogP contribution is 2.38. The van der Waals surface area contributed by atoms with Crippen molar-refractivity contribution < 1.29 is 22.4 Å². The topological polar surface area (TPSA) is 29.1 Å². The molecule has 0 fully saturated rings. The van der Waals surface area contributed by atoms with E-state index in [2.05, 4.69) is 35.7 Å². The van der Waals surface area contributed by atoms with Crippen LogP contribution in [0.2, 0.25) is 0 Å². The Hall–Kier alpha value is -4.19. The minimum Gasteiger partial charge on any atom is -0.364 e. The number of hydrogen-bond donors (Lipinski definition) is 1. The Morgan fingerprint density at radius 1 is 0.921 bits per heavy atom. The molecule has 0 aromatic heterocycles. The molecule has 0 saturated carbocycles. The van der Waals surface area contributed by atoms with E-state index in [9.17, 15) is 22.4 Å². The third-order valence-corrected chi connectivity index (χ3v) is 7.50. The smallest absolute Gasteiger partial charge is 0.364 e. The molecule has 6 heteroatoms. The second-order valence-corrected chi connectivity index (χ2v) is 9.72. The zero-order valence-electron chi connectivity index (χ0n) is 20.2. The highest BCUT2D eigenvalue weighted by atomic mass is 19.4. The maximum Gasteiger partial charge on any atom is 0.417 e. The average molecular weight is 514 g/mol. The predicted octanol–water partition coefficient (Wildman–Crippen LogP) is 6.17. The first kappa shape index (κ1) is 24.2. The van der Waals surface area contributed by atoms with Crippen LogP contribution in [0.3, 0.4) is 0 Å². The molecule has 0 radical (unpaired) electrons. The van der Waals surface area contributed by atoms with Gasteiger partial charge in [-0.15, -0.1) is 0 Å². The zero-order valence-corrected chi connectivity index (χ0v) is 20.2. The number of ketones is 1. The predicted molar refractivity (Wildman–Crippen MR) is 140 cm³/mol. The van der Waals surface area contributed by atoms with Crippen molar-refractivity contribution in [2.45, 2.75) is 24.9 Å². The summed E-state index contributed by atoms with van der Waals surface area (Å²) >= 11 is 0. The van der Waals surface area contributed by atoms with Gasteiger partial charge >= 0.3 is 6.18 Å². The lowest BCUT2D eigenvalue weighted by Gasteiger charge is -2.30. The second kappa shape index (κ2) is 9.28. The monoisotopic (exact) mass is 513 g/mol. The molecule has 0 spiro atoms. The van der Waals surface area contributed by atoms with E-state index < -0.39 is 34.8 Å². The Labute approximate surface area is 217 Å². The average Bonchev–Trinajstić information content (AvgIpc) is 3.21. The Morgan fingerprint density at radius 2 is 1.76 bits per heavy atom. The van der Waals surface area contributed by atoms with Gasteiger partial charge in [0.1, 0.15) is 5.82 Å². The number of halogens is 4. The molecule has 3 aliphatic rings. The minimum absolute atomic E-state index is 0.248. The molecule has 2 unspecified atom stereocenters. The molecule has 3 aromatic rings. The summed E-state index contributed by atoms with van der Waals surface area (Å²) in [5.41, 5.74) is 3.46. The maximum absolute atomic E-state index is 13.8. The first-order valence-corrected chi connectivity index (χ1v) is 12.5. The lowest BCUT2D eigenvalue weighted by molar-refractivity contribution is -0.138. The van der Waals surface area contributed by atoms with Crippen molar-refractivity contribution in [3.63, 3.8) is 0 Å². The quantitative estimate of drug-likeness (QED) is 0.335. The zero-order chi connectivity index (χ0) is 26.4. The summed E-state index contributed by atoms with van der Waals surface area (Å²) in [6.07, 6.45) is 9.45. The van der Waals surface area contributed by atoms with Crippen molar-refractivity contribution in [1.29, 1.82) is 0 Å². The van der Waals surface area contributed by atoms with Crippen molar-refractivity contribution in [2.24, 2.45) is 5.92 Å². The van der Waals surface area contributed by atoms with Gasteiger partial charge in [0.05, 0.1) is 5.56 Å². The molecule has 6 rings (SSSR count). The highest BCUT2D eigenvalue weighted by molar-refractivity contribution is 6.02. The van der Waals surface area contributed by atoms with Gasteiger partial charge in [-0.2, -0.15) is 13.2 Å². The normalized spacial score (nSPS) is 19.5. The number of nitrogens with one attached hydrogen (secondary N) is 1. The van der Waals surface area contributed by atoms with E-state index in [1.165, 1.54) is 5.56 Å². The van der Waals surface area contributed by atoms with Crippen molar-refractivity contribution >= 4 is 17.9 Å². The summed E-state index contributed by atoms with van der Waals surface area (Å²) in [4.78, 5) is 13.7. The van der Waals surface area contributed by atoms with Crippen LogP contribution in [0.25, 0.3) is 23.3 Å².